The van der Waals surface area contributed by atoms with E-state index in [2.05, 4.69) is 6.07 Å². The summed E-state index contributed by atoms with van der Waals surface area (Å²) in [4.78, 5) is 13.5. The van der Waals surface area contributed by atoms with Gasteiger partial charge in [0.1, 0.15) is 11.9 Å². The Kier molecular flexibility index (Phi) is 8.15. The van der Waals surface area contributed by atoms with E-state index in [1.807, 2.05) is 0 Å². The first-order valence-corrected chi connectivity index (χ1v) is 13.0. The van der Waals surface area contributed by atoms with E-state index in [9.17, 15) is 22.9 Å². The number of piperidine rings is 1. The Bertz CT molecular complexity index is 1080. The van der Waals surface area contributed by atoms with Crippen LogP contribution in [0.1, 0.15) is 37.3 Å². The van der Waals surface area contributed by atoms with E-state index in [4.69, 9.17) is 0 Å². The fourth-order valence-electron chi connectivity index (χ4n) is 3.62. The van der Waals surface area contributed by atoms with Crippen LogP contribution in [0.25, 0.3) is 0 Å². The predicted molar refractivity (Wildman–Crippen MR) is 124 cm³/mol. The summed E-state index contributed by atoms with van der Waals surface area (Å²) < 4.78 is 40.6. The molecule has 0 unspecified atom stereocenters. The minimum atomic E-state index is -3.62. The molecule has 1 aliphatic rings. The predicted octanol–water partition coefficient (Wildman–Crippen LogP) is 4.16. The van der Waals surface area contributed by atoms with E-state index >= 15 is 0 Å². The summed E-state index contributed by atoms with van der Waals surface area (Å²) in [6.45, 7) is 3.25. The fraction of sp³-hybridized carbons (Fsp3) is 0.391. The van der Waals surface area contributed by atoms with Crippen LogP contribution < -0.4 is 4.31 Å². The van der Waals surface area contributed by atoms with Crippen molar-refractivity contribution in [2.24, 2.45) is 0 Å². The number of rotatable bonds is 9. The number of hydrogen-bond donors (Lipinski definition) is 0. The summed E-state index contributed by atoms with van der Waals surface area (Å²) >= 11 is 1.60. The largest absolute Gasteiger partial charge is 0.345 e. The molecule has 1 fully saturated rings. The molecule has 0 radical (unpaired) electrons. The molecule has 2 aromatic carbocycles. The molecule has 2 aromatic rings. The Morgan fingerprint density at radius 1 is 1.22 bits per heavy atom. The Balaban J connectivity index is 1.87. The first-order chi connectivity index (χ1) is 15.4. The molecule has 0 N–H and O–H groups in total. The summed E-state index contributed by atoms with van der Waals surface area (Å²) in [5, 5.41) is 10.0. The van der Waals surface area contributed by atoms with Gasteiger partial charge >= 0.3 is 0 Å². The van der Waals surface area contributed by atoms with Gasteiger partial charge in [0.05, 0.1) is 23.5 Å². The van der Waals surface area contributed by atoms with Crippen molar-refractivity contribution < 1.29 is 17.6 Å². The third-order valence-corrected chi connectivity index (χ3v) is 8.68. The number of hydrogen-bond acceptors (Lipinski definition) is 5. The topological polar surface area (TPSA) is 81.5 Å². The van der Waals surface area contributed by atoms with Gasteiger partial charge in [-0.05, 0) is 55.2 Å². The SMILES string of the molecule is CCCS(=O)(=O)N(Cc1ccc(F)cc1)c1ccc(SC2CCN(C=O)CC2)c(C#N)c1. The number of thioether (sulfide) groups is 1. The van der Waals surface area contributed by atoms with Gasteiger partial charge in [-0.25, -0.2) is 12.8 Å². The van der Waals surface area contributed by atoms with Gasteiger partial charge in [-0.15, -0.1) is 11.8 Å². The van der Waals surface area contributed by atoms with Crippen molar-refractivity contribution in [3.05, 3.63) is 59.4 Å². The van der Waals surface area contributed by atoms with Gasteiger partial charge < -0.3 is 4.90 Å². The van der Waals surface area contributed by atoms with E-state index in [-0.39, 0.29) is 18.1 Å². The number of sulfonamides is 1. The van der Waals surface area contributed by atoms with Crippen LogP contribution in [0.3, 0.4) is 0 Å². The van der Waals surface area contributed by atoms with Crippen molar-refractivity contribution in [1.29, 1.82) is 5.26 Å². The highest BCUT2D eigenvalue weighted by Gasteiger charge is 2.24. The highest BCUT2D eigenvalue weighted by Crippen LogP contribution is 2.35. The third kappa shape index (κ3) is 6.02. The number of nitrogens with zero attached hydrogens (tertiary/aromatic N) is 3. The third-order valence-electron chi connectivity index (χ3n) is 5.33. The van der Waals surface area contributed by atoms with Crippen LogP contribution in [0.15, 0.2) is 47.4 Å². The molecule has 6 nitrogen and oxygen atoms in total. The lowest BCUT2D eigenvalue weighted by molar-refractivity contribution is -0.118. The number of nitriles is 1. The number of carbonyl (C=O) groups excluding carboxylic acids is 1. The molecule has 0 saturated carbocycles. The van der Waals surface area contributed by atoms with Crippen LogP contribution in [0.5, 0.6) is 0 Å². The monoisotopic (exact) mass is 475 g/mol. The maximum Gasteiger partial charge on any atom is 0.235 e. The van der Waals surface area contributed by atoms with Crippen molar-refractivity contribution in [1.82, 2.24) is 4.90 Å². The number of benzene rings is 2. The van der Waals surface area contributed by atoms with Gasteiger partial charge in [0.25, 0.3) is 0 Å². The van der Waals surface area contributed by atoms with Crippen molar-refractivity contribution in [3.8, 4) is 6.07 Å². The zero-order chi connectivity index (χ0) is 23.1. The van der Waals surface area contributed by atoms with Gasteiger partial charge in [-0.1, -0.05) is 19.1 Å². The van der Waals surface area contributed by atoms with Crippen LogP contribution in [-0.2, 0) is 21.4 Å². The Labute approximate surface area is 193 Å². The average molecular weight is 476 g/mol. The van der Waals surface area contributed by atoms with Gasteiger partial charge in [-0.3, -0.25) is 9.10 Å². The fourth-order valence-corrected chi connectivity index (χ4v) is 6.32. The Morgan fingerprint density at radius 2 is 1.91 bits per heavy atom. The number of anilines is 1. The van der Waals surface area contributed by atoms with Gasteiger partial charge in [0.15, 0.2) is 0 Å². The molecule has 0 aliphatic carbocycles. The van der Waals surface area contributed by atoms with Crippen LogP contribution in [0.4, 0.5) is 10.1 Å². The molecular formula is C23H26FN3O3S2. The molecule has 3 rings (SSSR count). The van der Waals surface area contributed by atoms with Gasteiger partial charge in [-0.2, -0.15) is 5.26 Å². The van der Waals surface area contributed by atoms with Crippen LogP contribution in [0.2, 0.25) is 0 Å². The van der Waals surface area contributed by atoms with Gasteiger partial charge in [0, 0.05) is 23.2 Å². The normalized spacial score (nSPS) is 14.7. The molecule has 1 amide bonds. The first kappa shape index (κ1) is 24.1. The van der Waals surface area contributed by atoms with Crippen LogP contribution >= 0.6 is 11.8 Å². The number of likely N-dealkylation sites (tertiary alicyclic amines) is 1. The number of halogens is 1. The molecule has 0 spiro atoms. The molecule has 1 aliphatic heterocycles. The molecule has 1 heterocycles. The lowest BCUT2D eigenvalue weighted by Crippen LogP contribution is -2.33. The standard InChI is InChI=1S/C23H26FN3O3S2/c1-2-13-32(29,30)27(16-18-3-5-20(24)6-4-18)21-7-8-23(19(14-21)15-25)31-22-9-11-26(17-28)12-10-22/h3-8,14,17,22H,2,9-13,16H2,1H3. The van der Waals surface area contributed by atoms with Gasteiger partial charge in [0.2, 0.25) is 16.4 Å². The van der Waals surface area contributed by atoms with Crippen LogP contribution in [-0.4, -0.2) is 43.8 Å². The number of carbonyl (C=O) groups is 1. The minimum absolute atomic E-state index is 0.0259. The Hall–Kier alpha value is -2.57. The molecule has 0 atom stereocenters. The van der Waals surface area contributed by atoms with Crippen molar-refractivity contribution in [2.45, 2.75) is 42.9 Å². The summed E-state index contributed by atoms with van der Waals surface area (Å²) in [6.07, 6.45) is 3.01. The van der Waals surface area contributed by atoms with Crippen molar-refractivity contribution in [2.75, 3.05) is 23.1 Å². The van der Waals surface area contributed by atoms with E-state index in [0.717, 1.165) is 24.1 Å². The second-order valence-electron chi connectivity index (χ2n) is 7.70. The minimum Gasteiger partial charge on any atom is -0.345 e. The summed E-state index contributed by atoms with van der Waals surface area (Å²) in [7, 11) is -3.62. The molecule has 32 heavy (non-hydrogen) atoms. The van der Waals surface area contributed by atoms with Crippen molar-refractivity contribution in [3.63, 3.8) is 0 Å². The maximum absolute atomic E-state index is 13.3. The molecule has 1 saturated heterocycles. The van der Waals surface area contributed by atoms with E-state index < -0.39 is 10.0 Å². The summed E-state index contributed by atoms with van der Waals surface area (Å²) in [5.74, 6) is -0.411. The quantitative estimate of drug-likeness (QED) is 0.509. The lowest BCUT2D eigenvalue weighted by atomic mass is 10.1. The molecule has 0 bridgehead atoms. The zero-order valence-electron chi connectivity index (χ0n) is 17.9. The lowest BCUT2D eigenvalue weighted by Gasteiger charge is -2.29. The van der Waals surface area contributed by atoms with Crippen LogP contribution in [0, 0.1) is 17.1 Å². The highest BCUT2D eigenvalue weighted by atomic mass is 32.2. The second-order valence-corrected chi connectivity index (χ2v) is 11.1. The average Bonchev–Trinajstić information content (AvgIpc) is 2.79. The van der Waals surface area contributed by atoms with Crippen molar-refractivity contribution >= 4 is 33.9 Å². The van der Waals surface area contributed by atoms with E-state index in [1.54, 1.807) is 53.9 Å². The smallest absolute Gasteiger partial charge is 0.235 e. The maximum atomic E-state index is 13.3. The molecule has 170 valence electrons. The Morgan fingerprint density at radius 3 is 2.50 bits per heavy atom. The highest BCUT2D eigenvalue weighted by molar-refractivity contribution is 8.00. The summed E-state index contributed by atoms with van der Waals surface area (Å²) in [5.41, 5.74) is 1.49. The molecule has 9 heteroatoms. The van der Waals surface area contributed by atoms with E-state index in [1.165, 1.54) is 16.4 Å². The number of amides is 1. The molecular weight excluding hydrogens is 449 g/mol. The van der Waals surface area contributed by atoms with E-state index in [0.29, 0.717) is 41.6 Å². The second kappa shape index (κ2) is 10.8. The first-order valence-electron chi connectivity index (χ1n) is 10.5. The molecule has 0 aromatic heterocycles. The zero-order valence-corrected chi connectivity index (χ0v) is 19.5. The summed E-state index contributed by atoms with van der Waals surface area (Å²) in [6, 6.07) is 13.1.